The number of rotatable bonds is 3. The second kappa shape index (κ2) is 6.11. The Morgan fingerprint density at radius 2 is 1.71 bits per heavy atom. The Bertz CT molecular complexity index is 353. The quantitative estimate of drug-likeness (QED) is 0.647. The Labute approximate surface area is 82.8 Å². The lowest BCUT2D eigenvalue weighted by atomic mass is 10.3. The van der Waals surface area contributed by atoms with Gasteiger partial charge < -0.3 is 10.2 Å². The van der Waals surface area contributed by atoms with E-state index in [4.69, 9.17) is 15.8 Å². The van der Waals surface area contributed by atoms with Gasteiger partial charge in [-0.1, -0.05) is 0 Å². The fraction of sp³-hybridized carbons (Fsp3) is 0.222. The van der Waals surface area contributed by atoms with Gasteiger partial charge >= 0.3 is 0 Å². The van der Waals surface area contributed by atoms with Gasteiger partial charge in [-0.05, 0) is 0 Å². The Morgan fingerprint density at radius 1 is 1.14 bits per heavy atom. The van der Waals surface area contributed by atoms with Crippen LogP contribution in [-0.2, 0) is 0 Å². The molecule has 0 saturated heterocycles. The van der Waals surface area contributed by atoms with Crippen LogP contribution >= 0.6 is 0 Å². The minimum absolute atomic E-state index is 0.0788. The van der Waals surface area contributed by atoms with Gasteiger partial charge in [-0.15, -0.1) is 0 Å². The average molecular weight is 187 g/mol. The Morgan fingerprint density at radius 3 is 2.07 bits per heavy atom. The molecule has 0 spiro atoms. The fourth-order valence-electron chi connectivity index (χ4n) is 0.596. The van der Waals surface area contributed by atoms with E-state index in [-0.39, 0.29) is 11.3 Å². The predicted octanol–water partition coefficient (Wildman–Crippen LogP) is 0.434. The van der Waals surface area contributed by atoms with Crippen molar-refractivity contribution in [2.45, 2.75) is 0 Å². The van der Waals surface area contributed by atoms with Crippen LogP contribution in [0.5, 0.6) is 0 Å². The number of nitrogens with one attached hydrogen (secondary N) is 1. The molecule has 0 aliphatic rings. The van der Waals surface area contributed by atoms with Crippen LogP contribution in [0.25, 0.3) is 0 Å². The number of hydrogen-bond acceptors (Lipinski definition) is 5. The third-order valence-electron chi connectivity index (χ3n) is 1.12. The molecule has 5 nitrogen and oxygen atoms in total. The Balaban J connectivity index is 4.56. The van der Waals surface area contributed by atoms with Crippen LogP contribution in [0.2, 0.25) is 0 Å². The highest BCUT2D eigenvalue weighted by atomic mass is 15.0. The summed E-state index contributed by atoms with van der Waals surface area (Å²) in [5, 5.41) is 28.0. The van der Waals surface area contributed by atoms with Crippen LogP contribution in [0.3, 0.4) is 0 Å². The molecule has 0 atom stereocenters. The highest BCUT2D eigenvalue weighted by Crippen LogP contribution is 1.91. The molecule has 0 rings (SSSR count). The van der Waals surface area contributed by atoms with Crippen molar-refractivity contribution in [2.75, 3.05) is 14.1 Å². The molecule has 0 aromatic heterocycles. The third-order valence-corrected chi connectivity index (χ3v) is 1.12. The molecule has 0 aliphatic carbocycles. The van der Waals surface area contributed by atoms with Crippen molar-refractivity contribution in [1.82, 2.24) is 10.2 Å². The highest BCUT2D eigenvalue weighted by molar-refractivity contribution is 5.36. The first-order chi connectivity index (χ1) is 6.63. The van der Waals surface area contributed by atoms with Gasteiger partial charge in [0.15, 0.2) is 0 Å². The van der Waals surface area contributed by atoms with E-state index < -0.39 is 0 Å². The third kappa shape index (κ3) is 4.43. The van der Waals surface area contributed by atoms with E-state index in [1.54, 1.807) is 37.3 Å². The van der Waals surface area contributed by atoms with E-state index in [0.717, 1.165) is 0 Å². The number of hydrogen-bond donors (Lipinski definition) is 1. The van der Waals surface area contributed by atoms with Gasteiger partial charge in [0.25, 0.3) is 0 Å². The zero-order chi connectivity index (χ0) is 11.0. The summed E-state index contributed by atoms with van der Waals surface area (Å²) in [5.41, 5.74) is 0.183. The maximum absolute atomic E-state index is 8.63. The van der Waals surface area contributed by atoms with Crippen molar-refractivity contribution in [3.05, 3.63) is 23.7 Å². The van der Waals surface area contributed by atoms with Crippen LogP contribution in [0.1, 0.15) is 0 Å². The average Bonchev–Trinajstić information content (AvgIpc) is 2.17. The lowest BCUT2D eigenvalue weighted by Crippen LogP contribution is -2.10. The first-order valence-corrected chi connectivity index (χ1v) is 3.69. The summed E-state index contributed by atoms with van der Waals surface area (Å²) in [6, 6.07) is 5.23. The maximum atomic E-state index is 8.63. The topological polar surface area (TPSA) is 86.6 Å². The van der Waals surface area contributed by atoms with Gasteiger partial charge in [-0.3, -0.25) is 0 Å². The Kier molecular flexibility index (Phi) is 5.04. The van der Waals surface area contributed by atoms with Gasteiger partial charge in [-0.25, -0.2) is 0 Å². The molecule has 0 unspecified atom stereocenters. The molecule has 0 aromatic rings. The standard InChI is InChI=1S/C9H9N5/c1-14(2)7-9(5-12)13-6-8(3-10)4-11/h6-7,13H,1-2H3/b9-7-. The van der Waals surface area contributed by atoms with Crippen molar-refractivity contribution < 1.29 is 0 Å². The van der Waals surface area contributed by atoms with E-state index in [9.17, 15) is 0 Å². The van der Waals surface area contributed by atoms with Gasteiger partial charge in [0, 0.05) is 26.5 Å². The molecule has 0 fully saturated rings. The molecule has 14 heavy (non-hydrogen) atoms. The van der Waals surface area contributed by atoms with Crippen LogP contribution in [0.4, 0.5) is 0 Å². The van der Waals surface area contributed by atoms with E-state index in [2.05, 4.69) is 5.32 Å². The summed E-state index contributed by atoms with van der Waals surface area (Å²) in [5.74, 6) is 0. The molecular weight excluding hydrogens is 178 g/mol. The van der Waals surface area contributed by atoms with Gasteiger partial charge in [0.05, 0.1) is 0 Å². The van der Waals surface area contributed by atoms with Crippen LogP contribution < -0.4 is 5.32 Å². The summed E-state index contributed by atoms with van der Waals surface area (Å²) in [6.07, 6.45) is 2.74. The monoisotopic (exact) mass is 187 g/mol. The largest absolute Gasteiger partial charge is 0.381 e. The summed E-state index contributed by atoms with van der Waals surface area (Å²) in [4.78, 5) is 1.68. The van der Waals surface area contributed by atoms with Gasteiger partial charge in [0.2, 0.25) is 0 Å². The van der Waals surface area contributed by atoms with Gasteiger partial charge in [-0.2, -0.15) is 15.8 Å². The van der Waals surface area contributed by atoms with E-state index in [1.165, 1.54) is 6.20 Å². The number of allylic oxidation sites excluding steroid dienone is 2. The molecule has 0 aliphatic heterocycles. The normalized spacial score (nSPS) is 8.93. The zero-order valence-electron chi connectivity index (χ0n) is 7.94. The van der Waals surface area contributed by atoms with Crippen LogP contribution in [0, 0.1) is 34.0 Å². The molecule has 5 heteroatoms. The first-order valence-electron chi connectivity index (χ1n) is 3.69. The lowest BCUT2D eigenvalue weighted by molar-refractivity contribution is 0.557. The number of nitrogens with zero attached hydrogens (tertiary/aromatic N) is 4. The van der Waals surface area contributed by atoms with Crippen molar-refractivity contribution in [2.24, 2.45) is 0 Å². The highest BCUT2D eigenvalue weighted by Gasteiger charge is 1.94. The van der Waals surface area contributed by atoms with Crippen molar-refractivity contribution in [3.63, 3.8) is 0 Å². The van der Waals surface area contributed by atoms with Crippen molar-refractivity contribution in [1.29, 1.82) is 15.8 Å². The van der Waals surface area contributed by atoms with Crippen molar-refractivity contribution in [3.8, 4) is 18.2 Å². The van der Waals surface area contributed by atoms with E-state index in [0.29, 0.717) is 0 Å². The minimum atomic E-state index is -0.0788. The van der Waals surface area contributed by atoms with E-state index in [1.807, 2.05) is 6.07 Å². The number of nitriles is 3. The molecule has 70 valence electrons. The smallest absolute Gasteiger partial charge is 0.145 e. The maximum Gasteiger partial charge on any atom is 0.145 e. The minimum Gasteiger partial charge on any atom is -0.381 e. The summed E-state index contributed by atoms with van der Waals surface area (Å²) < 4.78 is 0. The molecule has 0 radical (unpaired) electrons. The second-order valence-corrected chi connectivity index (χ2v) is 2.54. The first kappa shape index (κ1) is 11.6. The molecular formula is C9H9N5. The molecule has 0 amide bonds. The molecule has 0 aromatic carbocycles. The molecule has 0 heterocycles. The predicted molar refractivity (Wildman–Crippen MR) is 49.8 cm³/mol. The molecule has 0 saturated carbocycles. The SMILES string of the molecule is CN(C)/C=C(/C#N)NC=C(C#N)C#N. The summed E-state index contributed by atoms with van der Waals surface area (Å²) in [6.45, 7) is 0. The zero-order valence-corrected chi connectivity index (χ0v) is 7.94. The Hall–Kier alpha value is -2.45. The lowest BCUT2D eigenvalue weighted by Gasteiger charge is -2.05. The van der Waals surface area contributed by atoms with Crippen LogP contribution in [-0.4, -0.2) is 19.0 Å². The summed E-state index contributed by atoms with van der Waals surface area (Å²) >= 11 is 0. The molecule has 1 N–H and O–H groups in total. The van der Waals surface area contributed by atoms with E-state index >= 15 is 0 Å². The summed E-state index contributed by atoms with van der Waals surface area (Å²) in [7, 11) is 3.52. The second-order valence-electron chi connectivity index (χ2n) is 2.54. The van der Waals surface area contributed by atoms with Crippen molar-refractivity contribution >= 4 is 0 Å². The molecule has 0 bridgehead atoms. The fourth-order valence-corrected chi connectivity index (χ4v) is 0.596. The van der Waals surface area contributed by atoms with Gasteiger partial charge in [0.1, 0.15) is 29.5 Å². The van der Waals surface area contributed by atoms with Crippen LogP contribution in [0.15, 0.2) is 23.7 Å².